The van der Waals surface area contributed by atoms with E-state index in [1.165, 1.54) is 18.3 Å². The summed E-state index contributed by atoms with van der Waals surface area (Å²) in [5.74, 6) is -1.26. The van der Waals surface area contributed by atoms with E-state index in [4.69, 9.17) is 5.11 Å². The molecule has 6 nitrogen and oxygen atoms in total. The van der Waals surface area contributed by atoms with Gasteiger partial charge in [0.2, 0.25) is 0 Å². The second-order valence-corrected chi connectivity index (χ2v) is 6.74. The van der Waals surface area contributed by atoms with Gasteiger partial charge in [0, 0.05) is 5.56 Å². The number of halogens is 2. The van der Waals surface area contributed by atoms with Gasteiger partial charge in [0.05, 0.1) is 18.9 Å². The fraction of sp³-hybridized carbons (Fsp3) is 0. The van der Waals surface area contributed by atoms with Gasteiger partial charge in [-0.3, -0.25) is 4.79 Å². The van der Waals surface area contributed by atoms with Gasteiger partial charge in [-0.1, -0.05) is 12.1 Å². The number of amides is 1. The summed E-state index contributed by atoms with van der Waals surface area (Å²) in [6, 6.07) is 9.21. The number of carboxylic acid groups (broad SMARTS) is 1. The van der Waals surface area contributed by atoms with Crippen molar-refractivity contribution in [3.63, 3.8) is 0 Å². The molecule has 8 heteroatoms. The normalized spacial score (nSPS) is 10.7. The van der Waals surface area contributed by atoms with Gasteiger partial charge < -0.3 is 10.2 Å². The maximum atomic E-state index is 12.0. The number of hydrazone groups is 1. The Morgan fingerprint density at radius 2 is 1.61 bits per heavy atom. The number of carboxylic acids is 1. The van der Waals surface area contributed by atoms with Crippen molar-refractivity contribution in [3.8, 4) is 5.75 Å². The number of benzene rings is 2. The Balaban J connectivity index is 2.05. The zero-order chi connectivity index (χ0) is 17.0. The maximum absolute atomic E-state index is 12.0. The van der Waals surface area contributed by atoms with Gasteiger partial charge in [-0.25, -0.2) is 10.2 Å². The Bertz CT molecular complexity index is 766. The SMILES string of the molecule is O=C(O)c1ccc(/C=N/NC(=O)c2cc(I)c(O)c(I)c2)cc1. The lowest BCUT2D eigenvalue weighted by Gasteiger charge is -2.04. The predicted octanol–water partition coefficient (Wildman–Crippen LogP) is 3.06. The van der Waals surface area contributed by atoms with E-state index in [2.05, 4.69) is 10.5 Å². The first kappa shape index (κ1) is 17.7. The summed E-state index contributed by atoms with van der Waals surface area (Å²) < 4.78 is 1.15. The molecule has 0 aliphatic carbocycles. The monoisotopic (exact) mass is 536 g/mol. The number of carbonyl (C=O) groups excluding carboxylic acids is 1. The van der Waals surface area contributed by atoms with E-state index < -0.39 is 11.9 Å². The van der Waals surface area contributed by atoms with Gasteiger partial charge in [0.15, 0.2) is 0 Å². The van der Waals surface area contributed by atoms with Gasteiger partial charge >= 0.3 is 5.97 Å². The maximum Gasteiger partial charge on any atom is 0.335 e. The number of hydrogen-bond donors (Lipinski definition) is 3. The van der Waals surface area contributed by atoms with Crippen LogP contribution >= 0.6 is 45.2 Å². The number of aromatic carboxylic acids is 1. The summed E-state index contributed by atoms with van der Waals surface area (Å²) in [5.41, 5.74) is 3.61. The lowest BCUT2D eigenvalue weighted by molar-refractivity contribution is 0.0696. The van der Waals surface area contributed by atoms with Crippen LogP contribution in [0, 0.1) is 7.14 Å². The zero-order valence-electron chi connectivity index (χ0n) is 11.5. The van der Waals surface area contributed by atoms with Crippen molar-refractivity contribution in [3.05, 3.63) is 60.2 Å². The van der Waals surface area contributed by atoms with Crippen LogP contribution in [0.25, 0.3) is 0 Å². The molecule has 2 aromatic rings. The lowest BCUT2D eigenvalue weighted by atomic mass is 10.1. The molecule has 1 amide bonds. The van der Waals surface area contributed by atoms with Crippen LogP contribution in [-0.4, -0.2) is 28.3 Å². The van der Waals surface area contributed by atoms with Gasteiger partial charge in [0.25, 0.3) is 5.91 Å². The topological polar surface area (TPSA) is 99.0 Å². The van der Waals surface area contributed by atoms with Crippen LogP contribution in [0.4, 0.5) is 0 Å². The molecule has 0 bridgehead atoms. The van der Waals surface area contributed by atoms with E-state index in [1.807, 2.05) is 45.2 Å². The number of rotatable bonds is 4. The summed E-state index contributed by atoms with van der Waals surface area (Å²) in [6.07, 6.45) is 1.42. The lowest BCUT2D eigenvalue weighted by Crippen LogP contribution is -2.18. The average molecular weight is 536 g/mol. The smallest absolute Gasteiger partial charge is 0.335 e. The number of aromatic hydroxyl groups is 1. The van der Waals surface area contributed by atoms with Gasteiger partial charge in [-0.15, -0.1) is 0 Å². The highest BCUT2D eigenvalue weighted by Gasteiger charge is 2.11. The molecule has 0 aliphatic rings. The highest BCUT2D eigenvalue weighted by Crippen LogP contribution is 2.27. The molecule has 0 radical (unpaired) electrons. The molecule has 0 unspecified atom stereocenters. The number of nitrogens with one attached hydrogen (secondary N) is 1. The summed E-state index contributed by atoms with van der Waals surface area (Å²) in [5, 5.41) is 22.3. The second kappa shape index (κ2) is 7.73. The summed E-state index contributed by atoms with van der Waals surface area (Å²) in [6.45, 7) is 0. The van der Waals surface area contributed by atoms with E-state index in [0.29, 0.717) is 18.3 Å². The standard InChI is InChI=1S/C15H10I2N2O4/c16-11-5-10(6-12(17)13(11)20)14(21)19-18-7-8-1-3-9(4-2-8)15(22)23/h1-7,20H,(H,19,21)(H,22,23)/b18-7+. The largest absolute Gasteiger partial charge is 0.506 e. The number of phenols is 1. The first-order chi connectivity index (χ1) is 10.9. The van der Waals surface area contributed by atoms with Crippen LogP contribution in [-0.2, 0) is 0 Å². The third-order valence-electron chi connectivity index (χ3n) is 2.82. The van der Waals surface area contributed by atoms with Crippen LogP contribution in [0.1, 0.15) is 26.3 Å². The molecule has 0 fully saturated rings. The zero-order valence-corrected chi connectivity index (χ0v) is 15.8. The Hall–Kier alpha value is -1.69. The molecular formula is C15H10I2N2O4. The van der Waals surface area contributed by atoms with E-state index in [9.17, 15) is 14.7 Å². The van der Waals surface area contributed by atoms with E-state index in [1.54, 1.807) is 24.3 Å². The molecule has 0 spiro atoms. The Morgan fingerprint density at radius 1 is 1.04 bits per heavy atom. The minimum Gasteiger partial charge on any atom is -0.506 e. The van der Waals surface area contributed by atoms with Crippen LogP contribution in [0.3, 0.4) is 0 Å². The van der Waals surface area contributed by atoms with Crippen molar-refractivity contribution in [2.24, 2.45) is 5.10 Å². The fourth-order valence-corrected chi connectivity index (χ4v) is 3.41. The second-order valence-electron chi connectivity index (χ2n) is 4.41. The molecule has 0 heterocycles. The predicted molar refractivity (Wildman–Crippen MR) is 102 cm³/mol. The number of carbonyl (C=O) groups is 2. The molecule has 0 atom stereocenters. The molecule has 2 rings (SSSR count). The minimum atomic E-state index is -1.00. The fourth-order valence-electron chi connectivity index (χ4n) is 1.64. The molecule has 0 saturated carbocycles. The molecule has 0 aliphatic heterocycles. The highest BCUT2D eigenvalue weighted by molar-refractivity contribution is 14.1. The number of phenolic OH excluding ortho intramolecular Hbond substituents is 1. The molecule has 2 aromatic carbocycles. The van der Waals surface area contributed by atoms with Crippen molar-refractivity contribution < 1.29 is 19.8 Å². The summed E-state index contributed by atoms with van der Waals surface area (Å²) >= 11 is 3.89. The van der Waals surface area contributed by atoms with Crippen LogP contribution < -0.4 is 5.43 Å². The van der Waals surface area contributed by atoms with Crippen LogP contribution in [0.2, 0.25) is 0 Å². The minimum absolute atomic E-state index is 0.143. The molecule has 23 heavy (non-hydrogen) atoms. The molecule has 0 saturated heterocycles. The molecule has 0 aromatic heterocycles. The van der Waals surface area contributed by atoms with Gasteiger partial charge in [-0.2, -0.15) is 5.10 Å². The third-order valence-corrected chi connectivity index (χ3v) is 4.46. The van der Waals surface area contributed by atoms with E-state index >= 15 is 0 Å². The first-order valence-corrected chi connectivity index (χ1v) is 8.39. The molecule has 3 N–H and O–H groups in total. The van der Waals surface area contributed by atoms with E-state index in [-0.39, 0.29) is 11.3 Å². The number of hydrogen-bond acceptors (Lipinski definition) is 4. The van der Waals surface area contributed by atoms with E-state index in [0.717, 1.165) is 0 Å². The number of nitrogens with zero attached hydrogens (tertiary/aromatic N) is 1. The molecule has 118 valence electrons. The Morgan fingerprint density at radius 3 is 2.13 bits per heavy atom. The first-order valence-electron chi connectivity index (χ1n) is 6.23. The molecular weight excluding hydrogens is 526 g/mol. The van der Waals surface area contributed by atoms with Crippen LogP contribution in [0.5, 0.6) is 5.75 Å². The van der Waals surface area contributed by atoms with Crippen molar-refractivity contribution >= 4 is 63.3 Å². The summed E-state index contributed by atoms with van der Waals surface area (Å²) in [4.78, 5) is 22.7. The van der Waals surface area contributed by atoms with Crippen molar-refractivity contribution in [2.75, 3.05) is 0 Å². The highest BCUT2D eigenvalue weighted by atomic mass is 127. The quantitative estimate of drug-likeness (QED) is 0.318. The van der Waals surface area contributed by atoms with Gasteiger partial charge in [-0.05, 0) is 75.0 Å². The van der Waals surface area contributed by atoms with Crippen LogP contribution in [0.15, 0.2) is 41.5 Å². The van der Waals surface area contributed by atoms with Gasteiger partial charge in [0.1, 0.15) is 5.75 Å². The Kier molecular flexibility index (Phi) is 5.93. The van der Waals surface area contributed by atoms with Crippen molar-refractivity contribution in [1.82, 2.24) is 5.43 Å². The Labute approximate surface area is 158 Å². The third kappa shape index (κ3) is 4.64. The average Bonchev–Trinajstić information content (AvgIpc) is 2.52. The van der Waals surface area contributed by atoms with Crippen molar-refractivity contribution in [1.29, 1.82) is 0 Å². The van der Waals surface area contributed by atoms with Crippen molar-refractivity contribution in [2.45, 2.75) is 0 Å². The summed E-state index contributed by atoms with van der Waals surface area (Å²) in [7, 11) is 0.